The molecular weight excluding hydrogens is 586 g/mol. The molecule has 0 bridgehead atoms. The van der Waals surface area contributed by atoms with Crippen molar-refractivity contribution in [1.29, 1.82) is 5.26 Å². The van der Waals surface area contributed by atoms with Crippen molar-refractivity contribution in [2.45, 2.75) is 51.0 Å². The van der Waals surface area contributed by atoms with Gasteiger partial charge in [-0.3, -0.25) is 14.1 Å². The normalized spacial score (nSPS) is 18.2. The molecule has 3 aliphatic rings. The number of hydrogen-bond acceptors (Lipinski definition) is 9. The van der Waals surface area contributed by atoms with Gasteiger partial charge < -0.3 is 14.9 Å². The zero-order valence-corrected chi connectivity index (χ0v) is 25.7. The highest BCUT2D eigenvalue weighted by Crippen LogP contribution is 2.43. The van der Waals surface area contributed by atoms with E-state index in [2.05, 4.69) is 33.4 Å². The number of thiazole rings is 2. The van der Waals surface area contributed by atoms with Gasteiger partial charge in [0, 0.05) is 36.3 Å². The fourth-order valence-electron chi connectivity index (χ4n) is 6.05. The van der Waals surface area contributed by atoms with E-state index in [1.807, 2.05) is 0 Å². The molecule has 1 aromatic carbocycles. The van der Waals surface area contributed by atoms with Crippen LogP contribution in [0.5, 0.6) is 0 Å². The summed E-state index contributed by atoms with van der Waals surface area (Å²) in [7, 11) is 0. The molecule has 5 heterocycles. The van der Waals surface area contributed by atoms with Crippen molar-refractivity contribution in [3.8, 4) is 17.3 Å². The van der Waals surface area contributed by atoms with Crippen LogP contribution in [0.4, 0.5) is 15.3 Å². The Bertz CT molecular complexity index is 1670. The molecule has 1 N–H and O–H groups in total. The maximum atomic E-state index is 13.6. The molecule has 0 unspecified atom stereocenters. The molecule has 1 amide bonds. The molecule has 0 spiro atoms. The SMILES string of the molecule is CCc1nc2sc(C3CCN(CC(=O)N4CC(O)C4)CC3)cn2c1N(CC1CC1)c1nc(-c2ccc(F)cc2)c(C#N)s1. The number of anilines is 2. The van der Waals surface area contributed by atoms with E-state index in [4.69, 9.17) is 9.97 Å². The van der Waals surface area contributed by atoms with E-state index in [1.54, 1.807) is 28.4 Å². The summed E-state index contributed by atoms with van der Waals surface area (Å²) in [4.78, 5) is 31.5. The van der Waals surface area contributed by atoms with Crippen molar-refractivity contribution >= 4 is 44.5 Å². The lowest BCUT2D eigenvalue weighted by Gasteiger charge is -2.38. The number of hydrogen-bond donors (Lipinski definition) is 1. The number of nitrogens with zero attached hydrogens (tertiary/aromatic N) is 7. The second kappa shape index (κ2) is 11.6. The summed E-state index contributed by atoms with van der Waals surface area (Å²) >= 11 is 3.13. The number of imidazole rings is 1. The lowest BCUT2D eigenvalue weighted by molar-refractivity contribution is -0.142. The van der Waals surface area contributed by atoms with Crippen molar-refractivity contribution in [1.82, 2.24) is 24.2 Å². The molecule has 2 saturated heterocycles. The summed E-state index contributed by atoms with van der Waals surface area (Å²) in [6, 6.07) is 8.48. The van der Waals surface area contributed by atoms with Crippen LogP contribution in [0.1, 0.15) is 54.0 Å². The third kappa shape index (κ3) is 5.67. The minimum Gasteiger partial charge on any atom is -0.389 e. The topological polar surface area (TPSA) is 101 Å². The number of aryl methyl sites for hydroxylation is 1. The standard InChI is InChI=1S/C31H34FN7O2S2/c1-2-24-29(38(14-19-3-4-19)31-35-28(25(13-33)42-31)21-5-7-22(32)8-6-21)39-17-26(43-30(39)34-24)20-9-11-36(12-10-20)18-27(41)37-15-23(40)16-37/h5-8,17,19-20,23,40H,2-4,9-12,14-16,18H2,1H3. The first-order valence-corrected chi connectivity index (χ1v) is 16.7. The number of aliphatic hydroxyl groups is 1. The minimum atomic E-state index is -0.369. The first kappa shape index (κ1) is 28.4. The van der Waals surface area contributed by atoms with E-state index >= 15 is 0 Å². The number of carbonyl (C=O) groups is 1. The number of halogens is 1. The molecule has 3 aromatic heterocycles. The number of carbonyl (C=O) groups excluding carboxylic acids is 1. The Hall–Kier alpha value is -3.37. The quantitative estimate of drug-likeness (QED) is 0.281. The average Bonchev–Trinajstić information content (AvgIpc) is 3.41. The van der Waals surface area contributed by atoms with Gasteiger partial charge in [-0.2, -0.15) is 5.26 Å². The molecule has 3 fully saturated rings. The Kier molecular flexibility index (Phi) is 7.67. The molecule has 7 rings (SSSR count). The molecule has 224 valence electrons. The van der Waals surface area contributed by atoms with Crippen LogP contribution in [0.3, 0.4) is 0 Å². The molecule has 12 heteroatoms. The van der Waals surface area contributed by atoms with Gasteiger partial charge in [0.2, 0.25) is 5.91 Å². The summed E-state index contributed by atoms with van der Waals surface area (Å²) in [6.45, 7) is 6.01. The highest BCUT2D eigenvalue weighted by molar-refractivity contribution is 7.17. The first-order valence-electron chi connectivity index (χ1n) is 15.0. The molecular formula is C31H34FN7O2S2. The molecule has 1 saturated carbocycles. The predicted octanol–water partition coefficient (Wildman–Crippen LogP) is 5.02. The second-order valence-corrected chi connectivity index (χ2v) is 13.9. The maximum Gasteiger partial charge on any atom is 0.236 e. The Morgan fingerprint density at radius 1 is 1.14 bits per heavy atom. The van der Waals surface area contributed by atoms with Crippen LogP contribution in [-0.4, -0.2) is 80.6 Å². The Labute approximate surface area is 257 Å². The van der Waals surface area contributed by atoms with Crippen molar-refractivity contribution in [3.63, 3.8) is 0 Å². The summed E-state index contributed by atoms with van der Waals surface area (Å²) in [5.41, 5.74) is 2.33. The first-order chi connectivity index (χ1) is 20.9. The van der Waals surface area contributed by atoms with Crippen molar-refractivity contribution < 1.29 is 14.3 Å². The number of nitriles is 1. The van der Waals surface area contributed by atoms with Crippen LogP contribution in [-0.2, 0) is 11.2 Å². The number of piperidine rings is 1. The molecule has 9 nitrogen and oxygen atoms in total. The maximum absolute atomic E-state index is 13.6. The van der Waals surface area contributed by atoms with E-state index < -0.39 is 0 Å². The molecule has 43 heavy (non-hydrogen) atoms. The highest BCUT2D eigenvalue weighted by Gasteiger charge is 2.33. The Balaban J connectivity index is 1.15. The molecule has 1 aliphatic carbocycles. The number of likely N-dealkylation sites (tertiary alicyclic amines) is 2. The van der Waals surface area contributed by atoms with Crippen molar-refractivity contribution in [2.75, 3.05) is 44.2 Å². The van der Waals surface area contributed by atoms with Gasteiger partial charge in [0.25, 0.3) is 0 Å². The smallest absolute Gasteiger partial charge is 0.236 e. The van der Waals surface area contributed by atoms with Gasteiger partial charge in [-0.25, -0.2) is 14.4 Å². The van der Waals surface area contributed by atoms with E-state index in [0.717, 1.165) is 66.1 Å². The minimum absolute atomic E-state index is 0.107. The number of amides is 1. The van der Waals surface area contributed by atoms with Gasteiger partial charge in [-0.15, -0.1) is 11.3 Å². The van der Waals surface area contributed by atoms with Gasteiger partial charge in [-0.05, 0) is 81.3 Å². The van der Waals surface area contributed by atoms with E-state index in [1.165, 1.54) is 41.2 Å². The van der Waals surface area contributed by atoms with Crippen LogP contribution in [0.25, 0.3) is 16.2 Å². The summed E-state index contributed by atoms with van der Waals surface area (Å²) in [5, 5.41) is 20.2. The largest absolute Gasteiger partial charge is 0.389 e. The van der Waals surface area contributed by atoms with E-state index in [0.29, 0.717) is 42.0 Å². The lowest BCUT2D eigenvalue weighted by Crippen LogP contribution is -2.56. The van der Waals surface area contributed by atoms with Crippen LogP contribution >= 0.6 is 22.7 Å². The monoisotopic (exact) mass is 619 g/mol. The molecule has 2 aliphatic heterocycles. The van der Waals surface area contributed by atoms with Crippen LogP contribution in [0.15, 0.2) is 30.5 Å². The third-order valence-electron chi connectivity index (χ3n) is 8.75. The Morgan fingerprint density at radius 3 is 2.53 bits per heavy atom. The summed E-state index contributed by atoms with van der Waals surface area (Å²) in [5.74, 6) is 1.80. The van der Waals surface area contributed by atoms with Gasteiger partial charge >= 0.3 is 0 Å². The zero-order chi connectivity index (χ0) is 29.7. The average molecular weight is 620 g/mol. The predicted molar refractivity (Wildman–Crippen MR) is 165 cm³/mol. The number of aromatic nitrogens is 3. The number of β-amino-alcohol motifs (C(OH)–C–C–N with tert-alkyl or cyclic N) is 1. The van der Waals surface area contributed by atoms with Gasteiger partial charge in [0.05, 0.1) is 18.3 Å². The Morgan fingerprint density at radius 2 is 1.88 bits per heavy atom. The van der Waals surface area contributed by atoms with Crippen LogP contribution < -0.4 is 4.90 Å². The van der Waals surface area contributed by atoms with E-state index in [9.17, 15) is 19.6 Å². The zero-order valence-electron chi connectivity index (χ0n) is 24.1. The van der Waals surface area contributed by atoms with Gasteiger partial charge in [0.15, 0.2) is 10.1 Å². The second-order valence-electron chi connectivity index (χ2n) is 11.9. The fourth-order valence-corrected chi connectivity index (χ4v) is 8.11. The number of benzene rings is 1. The lowest BCUT2D eigenvalue weighted by atomic mass is 9.95. The fraction of sp³-hybridized carbons (Fsp3) is 0.484. The molecule has 0 radical (unpaired) electrons. The highest BCUT2D eigenvalue weighted by atomic mass is 32.1. The molecule has 0 atom stereocenters. The summed E-state index contributed by atoms with van der Waals surface area (Å²) < 4.78 is 15.8. The third-order valence-corrected chi connectivity index (χ3v) is 10.9. The van der Waals surface area contributed by atoms with Crippen LogP contribution in [0.2, 0.25) is 0 Å². The van der Waals surface area contributed by atoms with Gasteiger partial charge in [-0.1, -0.05) is 18.3 Å². The van der Waals surface area contributed by atoms with Crippen molar-refractivity contribution in [2.24, 2.45) is 5.92 Å². The summed E-state index contributed by atoms with van der Waals surface area (Å²) in [6.07, 6.45) is 6.98. The van der Waals surface area contributed by atoms with E-state index in [-0.39, 0.29) is 17.8 Å². The number of fused-ring (bicyclic) bond motifs is 1. The number of aliphatic hydroxyl groups excluding tert-OH is 1. The van der Waals surface area contributed by atoms with Crippen LogP contribution in [0, 0.1) is 23.1 Å². The van der Waals surface area contributed by atoms with Gasteiger partial charge in [0.1, 0.15) is 28.3 Å². The number of rotatable bonds is 9. The molecule has 4 aromatic rings. The van der Waals surface area contributed by atoms with Crippen molar-refractivity contribution in [3.05, 3.63) is 51.7 Å².